The van der Waals surface area contributed by atoms with E-state index in [1.807, 2.05) is 36.4 Å². The van der Waals surface area contributed by atoms with Crippen LogP contribution in [-0.4, -0.2) is 38.8 Å². The predicted octanol–water partition coefficient (Wildman–Crippen LogP) is 3.01. The van der Waals surface area contributed by atoms with Crippen molar-refractivity contribution < 1.29 is 22.7 Å². The highest BCUT2D eigenvalue weighted by molar-refractivity contribution is 7.91. The lowest BCUT2D eigenvalue weighted by atomic mass is 10.2. The summed E-state index contributed by atoms with van der Waals surface area (Å²) in [6.07, 6.45) is 3.47. The molecule has 31 heavy (non-hydrogen) atoms. The van der Waals surface area contributed by atoms with Gasteiger partial charge in [-0.3, -0.25) is 9.78 Å². The summed E-state index contributed by atoms with van der Waals surface area (Å²) in [6, 6.07) is 17.1. The van der Waals surface area contributed by atoms with Crippen molar-refractivity contribution in [3.63, 3.8) is 0 Å². The molecular weight excluding hydrogens is 416 g/mol. The monoisotopic (exact) mass is 440 g/mol. The van der Waals surface area contributed by atoms with Crippen molar-refractivity contribution >= 4 is 15.7 Å². The second kappa shape index (κ2) is 10.7. The molecule has 0 saturated heterocycles. The zero-order chi connectivity index (χ0) is 22.1. The number of carbonyl (C=O) groups is 1. The van der Waals surface area contributed by atoms with Crippen LogP contribution in [0.3, 0.4) is 0 Å². The highest BCUT2D eigenvalue weighted by Gasteiger charge is 2.15. The van der Waals surface area contributed by atoms with Crippen molar-refractivity contribution in [2.45, 2.75) is 18.0 Å². The van der Waals surface area contributed by atoms with E-state index in [9.17, 15) is 13.2 Å². The Morgan fingerprint density at radius 1 is 1.00 bits per heavy atom. The molecule has 3 rings (SSSR count). The number of nitrogens with zero attached hydrogens (tertiary/aromatic N) is 1. The van der Waals surface area contributed by atoms with Crippen LogP contribution in [0, 0.1) is 0 Å². The van der Waals surface area contributed by atoms with E-state index in [0.29, 0.717) is 18.7 Å². The number of hydrogen-bond acceptors (Lipinski definition) is 6. The summed E-state index contributed by atoms with van der Waals surface area (Å²) < 4.78 is 34.8. The minimum Gasteiger partial charge on any atom is -0.489 e. The minimum atomic E-state index is -3.42. The molecule has 162 valence electrons. The van der Waals surface area contributed by atoms with Crippen LogP contribution in [0.5, 0.6) is 5.75 Å². The summed E-state index contributed by atoms with van der Waals surface area (Å²) in [5.41, 5.74) is 2.29. The molecule has 0 aliphatic carbocycles. The number of hydrogen-bond donors (Lipinski definition) is 1. The molecule has 1 aromatic heterocycles. The highest BCUT2D eigenvalue weighted by Crippen LogP contribution is 2.15. The zero-order valence-electron chi connectivity index (χ0n) is 17.2. The summed E-state index contributed by atoms with van der Waals surface area (Å²) in [5, 5.41) is 2.83. The summed E-state index contributed by atoms with van der Waals surface area (Å²) in [5.74, 6) is 0.346. The first kappa shape index (κ1) is 22.5. The molecule has 3 aromatic rings. The first-order valence-electron chi connectivity index (χ1n) is 9.68. The van der Waals surface area contributed by atoms with Gasteiger partial charge in [0.2, 0.25) is 0 Å². The molecule has 8 heteroatoms. The Morgan fingerprint density at radius 3 is 2.39 bits per heavy atom. The Bertz CT molecular complexity index is 1080. The van der Waals surface area contributed by atoms with Crippen LogP contribution in [0.25, 0.3) is 0 Å². The van der Waals surface area contributed by atoms with E-state index in [4.69, 9.17) is 9.47 Å². The van der Waals surface area contributed by atoms with Gasteiger partial charge in [0.25, 0.3) is 5.91 Å². The van der Waals surface area contributed by atoms with E-state index >= 15 is 0 Å². The third kappa shape index (κ3) is 6.63. The first-order chi connectivity index (χ1) is 15.0. The van der Waals surface area contributed by atoms with Crippen molar-refractivity contribution in [1.82, 2.24) is 10.3 Å². The molecule has 0 aliphatic rings. The largest absolute Gasteiger partial charge is 0.489 e. The van der Waals surface area contributed by atoms with E-state index in [0.717, 1.165) is 16.9 Å². The van der Waals surface area contributed by atoms with Gasteiger partial charge >= 0.3 is 0 Å². The van der Waals surface area contributed by atoms with Crippen molar-refractivity contribution in [2.75, 3.05) is 19.5 Å². The number of sulfone groups is 1. The number of carbonyl (C=O) groups excluding carboxylic acids is 1. The van der Waals surface area contributed by atoms with E-state index in [1.165, 1.54) is 31.4 Å². The van der Waals surface area contributed by atoms with Gasteiger partial charge in [0.1, 0.15) is 12.4 Å². The maximum absolute atomic E-state index is 12.4. The molecule has 0 atom stereocenters. The number of benzene rings is 2. The topological polar surface area (TPSA) is 94.6 Å². The number of pyridine rings is 1. The Hall–Kier alpha value is -3.23. The molecule has 0 unspecified atom stereocenters. The molecule has 0 bridgehead atoms. The fourth-order valence-electron chi connectivity index (χ4n) is 2.76. The molecule has 1 amide bonds. The van der Waals surface area contributed by atoms with Crippen molar-refractivity contribution in [3.05, 3.63) is 89.7 Å². The van der Waals surface area contributed by atoms with Gasteiger partial charge in [-0.05, 0) is 48.0 Å². The summed E-state index contributed by atoms with van der Waals surface area (Å²) in [4.78, 5) is 16.6. The summed E-state index contributed by atoms with van der Waals surface area (Å²) >= 11 is 0. The Morgan fingerprint density at radius 2 is 1.74 bits per heavy atom. The predicted molar refractivity (Wildman–Crippen MR) is 117 cm³/mol. The molecule has 1 N–H and O–H groups in total. The van der Waals surface area contributed by atoms with Gasteiger partial charge in [0.15, 0.2) is 9.84 Å². The second-order valence-corrected chi connectivity index (χ2v) is 8.92. The molecule has 0 radical (unpaired) electrons. The van der Waals surface area contributed by atoms with Gasteiger partial charge in [0, 0.05) is 37.2 Å². The van der Waals surface area contributed by atoms with E-state index in [2.05, 4.69) is 10.3 Å². The molecule has 1 heterocycles. The Balaban J connectivity index is 1.51. The molecular formula is C23H24N2O5S. The van der Waals surface area contributed by atoms with Gasteiger partial charge in [-0.2, -0.15) is 0 Å². The van der Waals surface area contributed by atoms with E-state index in [-0.39, 0.29) is 23.2 Å². The molecule has 2 aromatic carbocycles. The maximum atomic E-state index is 12.4. The molecule has 0 saturated carbocycles. The smallest absolute Gasteiger partial charge is 0.251 e. The molecule has 0 spiro atoms. The normalized spacial score (nSPS) is 11.1. The highest BCUT2D eigenvalue weighted by atomic mass is 32.2. The molecule has 7 nitrogen and oxygen atoms in total. The third-order valence-electron chi connectivity index (χ3n) is 4.54. The number of nitrogens with one attached hydrogen (secondary N) is 1. The van der Waals surface area contributed by atoms with Gasteiger partial charge in [0.05, 0.1) is 17.3 Å². The number of ether oxygens (including phenoxy) is 2. The van der Waals surface area contributed by atoms with Crippen molar-refractivity contribution in [3.8, 4) is 5.75 Å². The fraction of sp³-hybridized carbons (Fsp3) is 0.217. The minimum absolute atomic E-state index is 0.100. The van der Waals surface area contributed by atoms with Crippen LogP contribution in [0.1, 0.15) is 21.5 Å². The zero-order valence-corrected chi connectivity index (χ0v) is 18.0. The second-order valence-electron chi connectivity index (χ2n) is 6.81. The van der Waals surface area contributed by atoms with Gasteiger partial charge in [-0.15, -0.1) is 0 Å². The van der Waals surface area contributed by atoms with Crippen LogP contribution < -0.4 is 10.1 Å². The first-order valence-corrected chi connectivity index (χ1v) is 11.3. The van der Waals surface area contributed by atoms with Crippen LogP contribution in [0.2, 0.25) is 0 Å². The lowest BCUT2D eigenvalue weighted by Gasteiger charge is -2.09. The van der Waals surface area contributed by atoms with E-state index < -0.39 is 9.84 Å². The van der Waals surface area contributed by atoms with Gasteiger partial charge < -0.3 is 14.8 Å². The summed E-state index contributed by atoms with van der Waals surface area (Å²) in [7, 11) is -1.97. The lowest BCUT2D eigenvalue weighted by molar-refractivity contribution is 0.0951. The number of amides is 1. The van der Waals surface area contributed by atoms with E-state index in [1.54, 1.807) is 12.4 Å². The standard InChI is InChI=1S/C23H24N2O5S/c1-29-13-14-31(27,28)22-10-6-20(7-11-22)23(26)25-16-18-4-8-21(9-5-18)30-17-19-3-2-12-24-15-19/h2-12,15H,13-14,16-17H2,1H3,(H,25,26). The van der Waals surface area contributed by atoms with Crippen LogP contribution in [0.4, 0.5) is 0 Å². The quantitative estimate of drug-likeness (QED) is 0.521. The maximum Gasteiger partial charge on any atom is 0.251 e. The number of rotatable bonds is 10. The molecule has 0 fully saturated rings. The lowest BCUT2D eigenvalue weighted by Crippen LogP contribution is -2.22. The SMILES string of the molecule is COCCS(=O)(=O)c1ccc(C(=O)NCc2ccc(OCc3cccnc3)cc2)cc1. The average Bonchev–Trinajstić information content (AvgIpc) is 2.81. The fourth-order valence-corrected chi connectivity index (χ4v) is 3.94. The number of aromatic nitrogens is 1. The number of methoxy groups -OCH3 is 1. The van der Waals surface area contributed by atoms with Gasteiger partial charge in [-0.1, -0.05) is 18.2 Å². The van der Waals surface area contributed by atoms with Crippen LogP contribution in [0.15, 0.2) is 78.0 Å². The van der Waals surface area contributed by atoms with Crippen molar-refractivity contribution in [2.24, 2.45) is 0 Å². The Labute approximate surface area is 182 Å². The van der Waals surface area contributed by atoms with Gasteiger partial charge in [-0.25, -0.2) is 8.42 Å². The summed E-state index contributed by atoms with van der Waals surface area (Å²) in [6.45, 7) is 0.897. The van der Waals surface area contributed by atoms with Crippen LogP contribution in [-0.2, 0) is 27.7 Å². The van der Waals surface area contributed by atoms with Crippen LogP contribution >= 0.6 is 0 Å². The average molecular weight is 441 g/mol. The third-order valence-corrected chi connectivity index (χ3v) is 6.23. The molecule has 0 aliphatic heterocycles. The Kier molecular flexibility index (Phi) is 7.75. The van der Waals surface area contributed by atoms with Crippen molar-refractivity contribution in [1.29, 1.82) is 0 Å².